The predicted octanol–water partition coefficient (Wildman–Crippen LogP) is 4.11. The number of halogens is 1. The molecule has 24 heavy (non-hydrogen) atoms. The Morgan fingerprint density at radius 3 is 2.71 bits per heavy atom. The number of ether oxygens (including phenoxy) is 2. The molecule has 0 saturated heterocycles. The molecule has 1 aliphatic rings. The molecule has 4 nitrogen and oxygen atoms in total. The number of benzene rings is 2. The number of hydrogen-bond acceptors (Lipinski definition) is 4. The molecule has 3 rings (SSSR count). The van der Waals surface area contributed by atoms with Crippen LogP contribution in [0.4, 0.5) is 4.79 Å². The molecule has 0 fully saturated rings. The summed E-state index contributed by atoms with van der Waals surface area (Å²) in [5.41, 5.74) is 3.57. The third kappa shape index (κ3) is 3.55. The van der Waals surface area contributed by atoms with Gasteiger partial charge in [-0.15, -0.1) is 0 Å². The van der Waals surface area contributed by atoms with Crippen molar-refractivity contribution in [3.8, 4) is 5.75 Å². The lowest BCUT2D eigenvalue weighted by molar-refractivity contribution is 0.121. The molecule has 0 spiro atoms. The van der Waals surface area contributed by atoms with Gasteiger partial charge in [-0.1, -0.05) is 41.9 Å². The Hall–Kier alpha value is -2.04. The van der Waals surface area contributed by atoms with E-state index in [-0.39, 0.29) is 5.92 Å². The van der Waals surface area contributed by atoms with Crippen molar-refractivity contribution in [1.29, 1.82) is 0 Å². The summed E-state index contributed by atoms with van der Waals surface area (Å²) in [5.74, 6) is 0.540. The van der Waals surface area contributed by atoms with Crippen LogP contribution in [-0.2, 0) is 11.2 Å². The molecule has 0 bridgehead atoms. The van der Waals surface area contributed by atoms with Crippen LogP contribution in [0.15, 0.2) is 42.5 Å². The van der Waals surface area contributed by atoms with Gasteiger partial charge >= 0.3 is 6.16 Å². The highest BCUT2D eigenvalue weighted by molar-refractivity contribution is 6.32. The van der Waals surface area contributed by atoms with Gasteiger partial charge in [0, 0.05) is 19.0 Å². The fraction of sp³-hybridized carbons (Fsp3) is 0.316. The number of fused-ring (bicyclic) bond motifs is 1. The van der Waals surface area contributed by atoms with Crippen LogP contribution >= 0.6 is 11.6 Å². The van der Waals surface area contributed by atoms with Crippen molar-refractivity contribution in [2.75, 3.05) is 27.2 Å². The van der Waals surface area contributed by atoms with Crippen molar-refractivity contribution < 1.29 is 14.3 Å². The lowest BCUT2D eigenvalue weighted by Crippen LogP contribution is -2.24. The molecule has 2 aromatic carbocycles. The molecule has 1 atom stereocenters. The smallest absolute Gasteiger partial charge is 0.437 e. The molecule has 0 aromatic heterocycles. The molecular formula is C19H20ClNO3. The van der Waals surface area contributed by atoms with Crippen LogP contribution in [0.3, 0.4) is 0 Å². The second kappa shape index (κ2) is 7.24. The van der Waals surface area contributed by atoms with Crippen LogP contribution in [0.25, 0.3) is 0 Å². The van der Waals surface area contributed by atoms with Crippen LogP contribution in [0.1, 0.15) is 22.6 Å². The first-order valence-electron chi connectivity index (χ1n) is 7.90. The number of carbonyl (C=O) groups is 1. The summed E-state index contributed by atoms with van der Waals surface area (Å²) in [5, 5.41) is 0.426. The minimum atomic E-state index is -0.765. The van der Waals surface area contributed by atoms with Gasteiger partial charge in [0.05, 0.1) is 12.1 Å². The lowest BCUT2D eigenvalue weighted by atomic mass is 9.88. The van der Waals surface area contributed by atoms with E-state index in [0.717, 1.165) is 25.1 Å². The fourth-order valence-corrected chi connectivity index (χ4v) is 3.37. The summed E-state index contributed by atoms with van der Waals surface area (Å²) in [7, 11) is 3.40. The number of rotatable bonds is 2. The second-order valence-corrected chi connectivity index (χ2v) is 6.42. The molecule has 2 aromatic rings. The predicted molar refractivity (Wildman–Crippen MR) is 94.0 cm³/mol. The number of nitrogens with zero attached hydrogens (tertiary/aromatic N) is 1. The summed E-state index contributed by atoms with van der Waals surface area (Å²) in [6.07, 6.45) is 0.145. The van der Waals surface area contributed by atoms with E-state index in [9.17, 15) is 4.79 Å². The van der Waals surface area contributed by atoms with Crippen molar-refractivity contribution in [3.05, 3.63) is 64.2 Å². The molecule has 1 heterocycles. The third-order valence-electron chi connectivity index (χ3n) is 4.39. The Morgan fingerprint density at radius 1 is 1.25 bits per heavy atom. The Labute approximate surface area is 146 Å². The Morgan fingerprint density at radius 2 is 2.00 bits per heavy atom. The summed E-state index contributed by atoms with van der Waals surface area (Å²) < 4.78 is 9.78. The van der Waals surface area contributed by atoms with E-state index in [1.807, 2.05) is 30.3 Å². The summed E-state index contributed by atoms with van der Waals surface area (Å²) in [4.78, 5) is 13.8. The van der Waals surface area contributed by atoms with Crippen LogP contribution < -0.4 is 4.74 Å². The first-order valence-corrected chi connectivity index (χ1v) is 8.28. The third-order valence-corrected chi connectivity index (χ3v) is 4.68. The number of carbonyl (C=O) groups excluding carboxylic acids is 1. The first kappa shape index (κ1) is 16.8. The van der Waals surface area contributed by atoms with Gasteiger partial charge in [0.25, 0.3) is 0 Å². The number of likely N-dealkylation sites (N-methyl/N-ethyl adjacent to an activating group) is 1. The van der Waals surface area contributed by atoms with Gasteiger partial charge in [0.2, 0.25) is 0 Å². The van der Waals surface area contributed by atoms with Crippen LogP contribution in [-0.4, -0.2) is 38.3 Å². The van der Waals surface area contributed by atoms with Crippen LogP contribution in [0, 0.1) is 0 Å². The zero-order valence-corrected chi connectivity index (χ0v) is 14.5. The molecule has 0 amide bonds. The normalized spacial score (nSPS) is 17.7. The van der Waals surface area contributed by atoms with E-state index >= 15 is 0 Å². The van der Waals surface area contributed by atoms with Gasteiger partial charge in [0.1, 0.15) is 0 Å². The van der Waals surface area contributed by atoms with Gasteiger partial charge in [-0.05, 0) is 42.3 Å². The molecular weight excluding hydrogens is 326 g/mol. The molecule has 1 aliphatic heterocycles. The van der Waals surface area contributed by atoms with Crippen molar-refractivity contribution in [1.82, 2.24) is 4.90 Å². The number of hydrogen-bond donors (Lipinski definition) is 0. The van der Waals surface area contributed by atoms with Crippen molar-refractivity contribution in [2.24, 2.45) is 0 Å². The molecule has 0 N–H and O–H groups in total. The van der Waals surface area contributed by atoms with E-state index in [0.29, 0.717) is 10.8 Å². The lowest BCUT2D eigenvalue weighted by Gasteiger charge is -2.22. The van der Waals surface area contributed by atoms with Gasteiger partial charge in [-0.25, -0.2) is 4.79 Å². The zero-order chi connectivity index (χ0) is 17.1. The average Bonchev–Trinajstić information content (AvgIpc) is 2.75. The maximum atomic E-state index is 11.5. The van der Waals surface area contributed by atoms with Gasteiger partial charge in [-0.3, -0.25) is 0 Å². The van der Waals surface area contributed by atoms with E-state index in [1.54, 1.807) is 0 Å². The summed E-state index contributed by atoms with van der Waals surface area (Å²) >= 11 is 6.30. The SMILES string of the molecule is COC(=O)Oc1cc2c(cc1Cl)CCN(C)C[C@H]2c1ccccc1. The average molecular weight is 346 g/mol. The van der Waals surface area contributed by atoms with Gasteiger partial charge in [-0.2, -0.15) is 0 Å². The summed E-state index contributed by atoms with van der Waals surface area (Å²) in [6, 6.07) is 14.1. The topological polar surface area (TPSA) is 38.8 Å². The highest BCUT2D eigenvalue weighted by atomic mass is 35.5. The molecule has 0 radical (unpaired) electrons. The molecule has 0 aliphatic carbocycles. The maximum absolute atomic E-state index is 11.5. The van der Waals surface area contributed by atoms with Crippen molar-refractivity contribution >= 4 is 17.8 Å². The maximum Gasteiger partial charge on any atom is 0.513 e. The Bertz CT molecular complexity index is 733. The first-order chi connectivity index (χ1) is 11.6. The molecule has 0 unspecified atom stereocenters. The monoisotopic (exact) mass is 345 g/mol. The fourth-order valence-electron chi connectivity index (χ4n) is 3.14. The molecule has 126 valence electrons. The second-order valence-electron chi connectivity index (χ2n) is 6.01. The van der Waals surface area contributed by atoms with Gasteiger partial charge < -0.3 is 14.4 Å². The zero-order valence-electron chi connectivity index (χ0n) is 13.8. The van der Waals surface area contributed by atoms with E-state index in [1.165, 1.54) is 18.2 Å². The largest absolute Gasteiger partial charge is 0.513 e. The minimum absolute atomic E-state index is 0.200. The highest BCUT2D eigenvalue weighted by Crippen LogP contribution is 2.37. The Kier molecular flexibility index (Phi) is 5.07. The van der Waals surface area contributed by atoms with Gasteiger partial charge in [0.15, 0.2) is 5.75 Å². The molecule has 0 saturated carbocycles. The Balaban J connectivity index is 2.07. The van der Waals surface area contributed by atoms with E-state index in [4.69, 9.17) is 16.3 Å². The van der Waals surface area contributed by atoms with Crippen molar-refractivity contribution in [3.63, 3.8) is 0 Å². The highest BCUT2D eigenvalue weighted by Gasteiger charge is 2.25. The standard InChI is InChI=1S/C19H20ClNO3/c1-21-9-8-14-10-17(20)18(24-19(22)23-2)11-15(14)16(12-21)13-6-4-3-5-7-13/h3-7,10-11,16H,8-9,12H2,1-2H3/t16-/m0/s1. The van der Waals surface area contributed by atoms with Crippen LogP contribution in [0.5, 0.6) is 5.75 Å². The van der Waals surface area contributed by atoms with Crippen molar-refractivity contribution in [2.45, 2.75) is 12.3 Å². The molecule has 5 heteroatoms. The summed E-state index contributed by atoms with van der Waals surface area (Å²) in [6.45, 7) is 1.86. The minimum Gasteiger partial charge on any atom is -0.437 e. The van der Waals surface area contributed by atoms with E-state index in [2.05, 4.69) is 28.8 Å². The van der Waals surface area contributed by atoms with E-state index < -0.39 is 6.16 Å². The van der Waals surface area contributed by atoms with Crippen LogP contribution in [0.2, 0.25) is 5.02 Å². The quantitative estimate of drug-likeness (QED) is 0.606. The number of methoxy groups -OCH3 is 1.